The van der Waals surface area contributed by atoms with Crippen LogP contribution in [-0.4, -0.2) is 35.1 Å². The normalized spacial score (nSPS) is 17.3. The van der Waals surface area contributed by atoms with Gasteiger partial charge in [0.1, 0.15) is 5.82 Å². The number of piperidine rings is 1. The highest BCUT2D eigenvalue weighted by atomic mass is 19.1. The predicted molar refractivity (Wildman–Crippen MR) is 76.6 cm³/mol. The van der Waals surface area contributed by atoms with Gasteiger partial charge in [-0.15, -0.1) is 0 Å². The van der Waals surface area contributed by atoms with E-state index in [4.69, 9.17) is 0 Å². The summed E-state index contributed by atoms with van der Waals surface area (Å²) in [6.45, 7) is 2.57. The molecule has 1 fully saturated rings. The minimum atomic E-state index is -0.806. The number of halogens is 1. The van der Waals surface area contributed by atoms with Crippen molar-refractivity contribution < 1.29 is 19.1 Å². The Morgan fingerprint density at radius 2 is 1.95 bits per heavy atom. The van der Waals surface area contributed by atoms with Crippen LogP contribution in [0.25, 0.3) is 0 Å². The maximum atomic E-state index is 13.5. The van der Waals surface area contributed by atoms with E-state index in [9.17, 15) is 19.1 Å². The number of carbonyl (C=O) groups is 2. The van der Waals surface area contributed by atoms with Gasteiger partial charge in [0.05, 0.1) is 11.1 Å². The van der Waals surface area contributed by atoms with Crippen molar-refractivity contribution in [2.45, 2.75) is 26.2 Å². The van der Waals surface area contributed by atoms with Gasteiger partial charge in [-0.25, -0.2) is 9.18 Å². The Morgan fingerprint density at radius 1 is 1.33 bits per heavy atom. The number of para-hydroxylation sites is 1. The second kappa shape index (κ2) is 6.11. The summed E-state index contributed by atoms with van der Waals surface area (Å²) in [6, 6.07) is 5.56. The quantitative estimate of drug-likeness (QED) is 0.900. The summed E-state index contributed by atoms with van der Waals surface area (Å²) in [7, 11) is 0. The third-order valence-corrected chi connectivity index (χ3v) is 4.25. The number of carbonyl (C=O) groups excluding carboxylic acids is 1. The molecular weight excluding hydrogens is 275 g/mol. The number of hydrogen-bond donors (Lipinski definition) is 2. The predicted octanol–water partition coefficient (Wildman–Crippen LogP) is 2.93. The zero-order valence-electron chi connectivity index (χ0n) is 11.9. The standard InChI is InChI=1S/C15H19FN2O3/c1-2-15(13(19)20)7-9-18(10-8-15)14(21)17-12-6-4-3-5-11(12)16/h3-6H,2,7-10H2,1H3,(H,17,21)(H,19,20). The fourth-order valence-corrected chi connectivity index (χ4v) is 2.61. The largest absolute Gasteiger partial charge is 0.481 e. The lowest BCUT2D eigenvalue weighted by molar-refractivity contribution is -0.151. The third-order valence-electron chi connectivity index (χ3n) is 4.25. The summed E-state index contributed by atoms with van der Waals surface area (Å²) in [5.74, 6) is -1.30. The Labute approximate surface area is 122 Å². The smallest absolute Gasteiger partial charge is 0.321 e. The van der Waals surface area contributed by atoms with Gasteiger partial charge < -0.3 is 15.3 Å². The van der Waals surface area contributed by atoms with Crippen molar-refractivity contribution in [1.29, 1.82) is 0 Å². The van der Waals surface area contributed by atoms with E-state index < -0.39 is 23.2 Å². The number of benzene rings is 1. The first-order valence-electron chi connectivity index (χ1n) is 7.02. The lowest BCUT2D eigenvalue weighted by atomic mass is 9.76. The van der Waals surface area contributed by atoms with Gasteiger partial charge in [-0.3, -0.25) is 4.79 Å². The Bertz CT molecular complexity index is 539. The topological polar surface area (TPSA) is 69.6 Å². The SMILES string of the molecule is CCC1(C(=O)O)CCN(C(=O)Nc2ccccc2F)CC1. The zero-order chi connectivity index (χ0) is 15.5. The van der Waals surface area contributed by atoms with Crippen molar-refractivity contribution >= 4 is 17.7 Å². The van der Waals surface area contributed by atoms with Crippen LogP contribution in [0.15, 0.2) is 24.3 Å². The van der Waals surface area contributed by atoms with E-state index in [2.05, 4.69) is 5.32 Å². The van der Waals surface area contributed by atoms with Crippen LogP contribution in [-0.2, 0) is 4.79 Å². The number of hydrogen-bond acceptors (Lipinski definition) is 2. The van der Waals surface area contributed by atoms with Crippen molar-refractivity contribution in [3.63, 3.8) is 0 Å². The van der Waals surface area contributed by atoms with Gasteiger partial charge in [-0.2, -0.15) is 0 Å². The van der Waals surface area contributed by atoms with E-state index in [1.54, 1.807) is 12.1 Å². The number of carboxylic acid groups (broad SMARTS) is 1. The fraction of sp³-hybridized carbons (Fsp3) is 0.467. The summed E-state index contributed by atoms with van der Waals surface area (Å²) in [4.78, 5) is 25.0. The Morgan fingerprint density at radius 3 is 2.48 bits per heavy atom. The number of carboxylic acids is 1. The van der Waals surface area contributed by atoms with Crippen LogP contribution in [0.1, 0.15) is 26.2 Å². The van der Waals surface area contributed by atoms with Gasteiger partial charge in [0.25, 0.3) is 0 Å². The lowest BCUT2D eigenvalue weighted by Crippen LogP contribution is -2.47. The van der Waals surface area contributed by atoms with Crippen LogP contribution in [0.5, 0.6) is 0 Å². The number of rotatable bonds is 3. The summed E-state index contributed by atoms with van der Waals surface area (Å²) < 4.78 is 13.5. The number of anilines is 1. The molecule has 2 N–H and O–H groups in total. The average molecular weight is 294 g/mol. The van der Waals surface area contributed by atoms with E-state index >= 15 is 0 Å². The molecule has 1 saturated heterocycles. The van der Waals surface area contributed by atoms with Crippen molar-refractivity contribution in [2.24, 2.45) is 5.41 Å². The van der Waals surface area contributed by atoms with E-state index in [1.165, 1.54) is 17.0 Å². The molecule has 6 heteroatoms. The molecule has 0 radical (unpaired) electrons. The van der Waals surface area contributed by atoms with Crippen LogP contribution in [0.2, 0.25) is 0 Å². The Kier molecular flexibility index (Phi) is 4.45. The van der Waals surface area contributed by atoms with E-state index in [0.29, 0.717) is 32.4 Å². The Balaban J connectivity index is 1.98. The van der Waals surface area contributed by atoms with Gasteiger partial charge in [-0.05, 0) is 31.4 Å². The molecule has 114 valence electrons. The molecule has 0 atom stereocenters. The number of aliphatic carboxylic acids is 1. The highest BCUT2D eigenvalue weighted by Gasteiger charge is 2.40. The van der Waals surface area contributed by atoms with Gasteiger partial charge in [0.2, 0.25) is 0 Å². The molecule has 0 spiro atoms. The summed E-state index contributed by atoms with van der Waals surface area (Å²) in [5, 5.41) is 11.8. The second-order valence-corrected chi connectivity index (χ2v) is 5.34. The molecule has 2 amide bonds. The first kappa shape index (κ1) is 15.3. The number of nitrogens with one attached hydrogen (secondary N) is 1. The Hall–Kier alpha value is -2.11. The molecule has 0 saturated carbocycles. The van der Waals surface area contributed by atoms with Gasteiger partial charge >= 0.3 is 12.0 Å². The minimum absolute atomic E-state index is 0.132. The van der Waals surface area contributed by atoms with E-state index in [-0.39, 0.29) is 5.69 Å². The average Bonchev–Trinajstić information content (AvgIpc) is 2.49. The maximum absolute atomic E-state index is 13.5. The van der Waals surface area contributed by atoms with Crippen LogP contribution < -0.4 is 5.32 Å². The number of likely N-dealkylation sites (tertiary alicyclic amines) is 1. The molecule has 1 aliphatic heterocycles. The molecule has 1 aliphatic rings. The third kappa shape index (κ3) is 3.15. The molecule has 5 nitrogen and oxygen atoms in total. The molecule has 2 rings (SSSR count). The van der Waals surface area contributed by atoms with Crippen LogP contribution in [0.3, 0.4) is 0 Å². The van der Waals surface area contributed by atoms with Crippen molar-refractivity contribution in [3.8, 4) is 0 Å². The van der Waals surface area contributed by atoms with Crippen molar-refractivity contribution in [3.05, 3.63) is 30.1 Å². The molecule has 0 aliphatic carbocycles. The van der Waals surface area contributed by atoms with Gasteiger partial charge in [0.15, 0.2) is 0 Å². The van der Waals surface area contributed by atoms with Gasteiger partial charge in [0, 0.05) is 13.1 Å². The molecular formula is C15H19FN2O3. The number of urea groups is 1. The van der Waals surface area contributed by atoms with Crippen LogP contribution in [0, 0.1) is 11.2 Å². The van der Waals surface area contributed by atoms with E-state index in [1.807, 2.05) is 6.92 Å². The van der Waals surface area contributed by atoms with Crippen molar-refractivity contribution in [1.82, 2.24) is 4.90 Å². The molecule has 21 heavy (non-hydrogen) atoms. The summed E-state index contributed by atoms with van der Waals surface area (Å²) in [5.41, 5.74) is -0.609. The first-order valence-corrected chi connectivity index (χ1v) is 7.02. The molecule has 0 bridgehead atoms. The number of amides is 2. The summed E-state index contributed by atoms with van der Waals surface area (Å²) in [6.07, 6.45) is 1.39. The van der Waals surface area contributed by atoms with Crippen molar-refractivity contribution in [2.75, 3.05) is 18.4 Å². The minimum Gasteiger partial charge on any atom is -0.481 e. The molecule has 1 heterocycles. The summed E-state index contributed by atoms with van der Waals surface area (Å²) >= 11 is 0. The second-order valence-electron chi connectivity index (χ2n) is 5.34. The monoisotopic (exact) mass is 294 g/mol. The highest BCUT2D eigenvalue weighted by Crippen LogP contribution is 2.35. The fourth-order valence-electron chi connectivity index (χ4n) is 2.61. The van der Waals surface area contributed by atoms with E-state index in [0.717, 1.165) is 0 Å². The highest BCUT2D eigenvalue weighted by molar-refractivity contribution is 5.89. The maximum Gasteiger partial charge on any atom is 0.321 e. The zero-order valence-corrected chi connectivity index (χ0v) is 11.9. The van der Waals surface area contributed by atoms with Crippen LogP contribution >= 0.6 is 0 Å². The molecule has 1 aromatic carbocycles. The molecule has 0 unspecified atom stereocenters. The lowest BCUT2D eigenvalue weighted by Gasteiger charge is -2.38. The molecule has 1 aromatic rings. The number of nitrogens with zero attached hydrogens (tertiary/aromatic N) is 1. The molecule has 0 aromatic heterocycles. The van der Waals surface area contributed by atoms with Crippen LogP contribution in [0.4, 0.5) is 14.9 Å². The van der Waals surface area contributed by atoms with Gasteiger partial charge in [-0.1, -0.05) is 19.1 Å². The first-order chi connectivity index (χ1) is 9.98.